The molecule has 1 fully saturated rings. The van der Waals surface area contributed by atoms with Crippen LogP contribution in [0.25, 0.3) is 0 Å². The fourth-order valence-corrected chi connectivity index (χ4v) is 2.58. The van der Waals surface area contributed by atoms with Gasteiger partial charge >= 0.3 is 0 Å². The Balaban J connectivity index is 2.26. The van der Waals surface area contributed by atoms with Gasteiger partial charge in [0.2, 0.25) is 0 Å². The molecule has 0 aromatic carbocycles. The van der Waals surface area contributed by atoms with Crippen molar-refractivity contribution in [1.82, 2.24) is 4.90 Å². The lowest BCUT2D eigenvalue weighted by Gasteiger charge is -2.34. The van der Waals surface area contributed by atoms with Crippen molar-refractivity contribution in [2.45, 2.75) is 45.6 Å². The van der Waals surface area contributed by atoms with Crippen LogP contribution in [0.4, 0.5) is 0 Å². The monoisotopic (exact) mass is 261 g/mol. The van der Waals surface area contributed by atoms with E-state index in [1.165, 1.54) is 32.2 Å². The summed E-state index contributed by atoms with van der Waals surface area (Å²) in [7, 11) is 2.29. The lowest BCUT2D eigenvalue weighted by atomic mass is 9.86. The van der Waals surface area contributed by atoms with Crippen LogP contribution in [0.3, 0.4) is 0 Å². The van der Waals surface area contributed by atoms with Crippen LogP contribution in [0.5, 0.6) is 0 Å². The van der Waals surface area contributed by atoms with Gasteiger partial charge in [-0.1, -0.05) is 29.8 Å². The van der Waals surface area contributed by atoms with Crippen molar-refractivity contribution in [3.63, 3.8) is 0 Å². The number of halogens is 1. The average Bonchev–Trinajstić information content (AvgIpc) is 2.18. The third-order valence-corrected chi connectivity index (χ3v) is 4.58. The van der Waals surface area contributed by atoms with E-state index in [1.54, 1.807) is 0 Å². The Morgan fingerprint density at radius 2 is 1.86 bits per heavy atom. The first-order chi connectivity index (χ1) is 6.63. The van der Waals surface area contributed by atoms with Crippen LogP contribution in [0, 0.1) is 11.8 Å². The molecule has 1 saturated carbocycles. The Kier molecular flexibility index (Phi) is 5.47. The summed E-state index contributed by atoms with van der Waals surface area (Å²) in [5.41, 5.74) is 0. The quantitative estimate of drug-likeness (QED) is 0.700. The summed E-state index contributed by atoms with van der Waals surface area (Å²) in [6.07, 6.45) is 5.68. The van der Waals surface area contributed by atoms with Crippen LogP contribution in [-0.4, -0.2) is 29.9 Å². The first-order valence-electron chi connectivity index (χ1n) is 5.89. The molecule has 1 rings (SSSR count). The van der Waals surface area contributed by atoms with E-state index in [4.69, 9.17) is 0 Å². The molecule has 0 N–H and O–H groups in total. The molecular formula is C12H24BrN. The molecular weight excluding hydrogens is 238 g/mol. The normalized spacial score (nSPS) is 30.6. The molecule has 0 radical (unpaired) electrons. The minimum absolute atomic E-state index is 0.777. The zero-order valence-electron chi connectivity index (χ0n) is 9.80. The molecule has 0 aromatic rings. The maximum absolute atomic E-state index is 3.55. The fraction of sp³-hybridized carbons (Fsp3) is 1.00. The molecule has 2 heteroatoms. The SMILES string of the molecule is CC1CCC(N(C)CC(C)CBr)CC1. The Morgan fingerprint density at radius 1 is 1.29 bits per heavy atom. The minimum Gasteiger partial charge on any atom is -0.303 e. The van der Waals surface area contributed by atoms with E-state index in [2.05, 4.69) is 41.7 Å². The van der Waals surface area contributed by atoms with Gasteiger partial charge in [-0.3, -0.25) is 0 Å². The van der Waals surface area contributed by atoms with E-state index in [0.29, 0.717) is 0 Å². The lowest BCUT2D eigenvalue weighted by molar-refractivity contribution is 0.157. The van der Waals surface area contributed by atoms with Gasteiger partial charge in [-0.2, -0.15) is 0 Å². The topological polar surface area (TPSA) is 3.24 Å². The summed E-state index contributed by atoms with van der Waals surface area (Å²) in [5, 5.41) is 1.13. The summed E-state index contributed by atoms with van der Waals surface area (Å²) in [5.74, 6) is 1.74. The number of alkyl halides is 1. The Labute approximate surface area is 97.4 Å². The third kappa shape index (κ3) is 3.90. The lowest BCUT2D eigenvalue weighted by Crippen LogP contribution is -2.37. The van der Waals surface area contributed by atoms with Gasteiger partial charge in [-0.05, 0) is 44.6 Å². The van der Waals surface area contributed by atoms with Gasteiger partial charge in [0.1, 0.15) is 0 Å². The van der Waals surface area contributed by atoms with E-state index in [-0.39, 0.29) is 0 Å². The first kappa shape index (κ1) is 12.5. The molecule has 1 nitrogen and oxygen atoms in total. The highest BCUT2D eigenvalue weighted by molar-refractivity contribution is 9.09. The molecule has 0 aromatic heterocycles. The van der Waals surface area contributed by atoms with Gasteiger partial charge in [0.25, 0.3) is 0 Å². The van der Waals surface area contributed by atoms with E-state index in [0.717, 1.165) is 23.2 Å². The molecule has 0 aliphatic heterocycles. The van der Waals surface area contributed by atoms with Crippen LogP contribution in [0.1, 0.15) is 39.5 Å². The molecule has 0 amide bonds. The zero-order valence-corrected chi connectivity index (χ0v) is 11.4. The van der Waals surface area contributed by atoms with Crippen molar-refractivity contribution in [1.29, 1.82) is 0 Å². The fourth-order valence-electron chi connectivity index (χ4n) is 2.37. The van der Waals surface area contributed by atoms with E-state index < -0.39 is 0 Å². The number of rotatable bonds is 4. The van der Waals surface area contributed by atoms with E-state index in [1.807, 2.05) is 0 Å². The summed E-state index contributed by atoms with van der Waals surface area (Å²) in [4.78, 5) is 2.57. The number of hydrogen-bond donors (Lipinski definition) is 0. The van der Waals surface area contributed by atoms with Crippen LogP contribution in [0.2, 0.25) is 0 Å². The van der Waals surface area contributed by atoms with Gasteiger partial charge in [0.05, 0.1) is 0 Å². The molecule has 1 atom stereocenters. The van der Waals surface area contributed by atoms with Crippen molar-refractivity contribution in [2.75, 3.05) is 18.9 Å². The van der Waals surface area contributed by atoms with E-state index in [9.17, 15) is 0 Å². The highest BCUT2D eigenvalue weighted by Crippen LogP contribution is 2.26. The smallest absolute Gasteiger partial charge is 0.00925 e. The number of hydrogen-bond acceptors (Lipinski definition) is 1. The summed E-state index contributed by atoms with van der Waals surface area (Å²) in [6.45, 7) is 5.94. The maximum atomic E-state index is 3.55. The average molecular weight is 262 g/mol. The van der Waals surface area contributed by atoms with Crippen LogP contribution in [-0.2, 0) is 0 Å². The van der Waals surface area contributed by atoms with Crippen molar-refractivity contribution in [2.24, 2.45) is 11.8 Å². The van der Waals surface area contributed by atoms with Crippen molar-refractivity contribution < 1.29 is 0 Å². The third-order valence-electron chi connectivity index (χ3n) is 3.47. The molecule has 0 spiro atoms. The van der Waals surface area contributed by atoms with Crippen LogP contribution >= 0.6 is 15.9 Å². The highest BCUT2D eigenvalue weighted by Gasteiger charge is 2.22. The van der Waals surface area contributed by atoms with Gasteiger partial charge in [0.15, 0.2) is 0 Å². The van der Waals surface area contributed by atoms with Crippen LogP contribution < -0.4 is 0 Å². The molecule has 14 heavy (non-hydrogen) atoms. The van der Waals surface area contributed by atoms with Crippen molar-refractivity contribution in [3.8, 4) is 0 Å². The Hall–Kier alpha value is 0.440. The molecule has 84 valence electrons. The molecule has 0 heterocycles. The minimum atomic E-state index is 0.777. The van der Waals surface area contributed by atoms with Gasteiger partial charge in [-0.25, -0.2) is 0 Å². The first-order valence-corrected chi connectivity index (χ1v) is 7.01. The molecule has 1 aliphatic rings. The second-order valence-electron chi connectivity index (χ2n) is 5.11. The number of nitrogens with zero attached hydrogens (tertiary/aromatic N) is 1. The van der Waals surface area contributed by atoms with Gasteiger partial charge in [-0.15, -0.1) is 0 Å². The van der Waals surface area contributed by atoms with Gasteiger partial charge < -0.3 is 4.90 Å². The van der Waals surface area contributed by atoms with Crippen LogP contribution in [0.15, 0.2) is 0 Å². The highest BCUT2D eigenvalue weighted by atomic mass is 79.9. The predicted molar refractivity (Wildman–Crippen MR) is 67.0 cm³/mol. The zero-order chi connectivity index (χ0) is 10.6. The second kappa shape index (κ2) is 6.12. The second-order valence-corrected chi connectivity index (χ2v) is 5.76. The predicted octanol–water partition coefficient (Wildman–Crippen LogP) is 3.53. The molecule has 0 saturated heterocycles. The standard InChI is InChI=1S/C12H24BrN/c1-10-4-6-12(7-5-10)14(3)9-11(2)8-13/h10-12H,4-9H2,1-3H3. The van der Waals surface area contributed by atoms with E-state index >= 15 is 0 Å². The molecule has 1 unspecified atom stereocenters. The van der Waals surface area contributed by atoms with Gasteiger partial charge in [0, 0.05) is 17.9 Å². The largest absolute Gasteiger partial charge is 0.303 e. The Morgan fingerprint density at radius 3 is 2.36 bits per heavy atom. The van der Waals surface area contributed by atoms with Crippen molar-refractivity contribution in [3.05, 3.63) is 0 Å². The summed E-state index contributed by atoms with van der Waals surface area (Å²) in [6, 6.07) is 0.854. The molecule has 0 bridgehead atoms. The maximum Gasteiger partial charge on any atom is 0.00925 e. The molecule has 1 aliphatic carbocycles. The summed E-state index contributed by atoms with van der Waals surface area (Å²) < 4.78 is 0. The summed E-state index contributed by atoms with van der Waals surface area (Å²) >= 11 is 3.55. The van der Waals surface area contributed by atoms with Crippen molar-refractivity contribution >= 4 is 15.9 Å². The Bertz CT molecular complexity index is 152.